The lowest BCUT2D eigenvalue weighted by atomic mass is 9.66. The van der Waals surface area contributed by atoms with Crippen LogP contribution in [0.1, 0.15) is 36.6 Å². The third-order valence-electron chi connectivity index (χ3n) is 6.20. The lowest BCUT2D eigenvalue weighted by molar-refractivity contribution is 0.194. The van der Waals surface area contributed by atoms with Crippen LogP contribution >= 0.6 is 0 Å². The smallest absolute Gasteiger partial charge is 0.123 e. The fourth-order valence-electron chi connectivity index (χ4n) is 4.33. The molecule has 0 bridgehead atoms. The summed E-state index contributed by atoms with van der Waals surface area (Å²) in [7, 11) is 0. The fourth-order valence-corrected chi connectivity index (χ4v) is 4.33. The van der Waals surface area contributed by atoms with Gasteiger partial charge in [0.1, 0.15) is 17.5 Å². The minimum Gasteiger partial charge on any atom is -0.361 e. The highest BCUT2D eigenvalue weighted by molar-refractivity contribution is 5.83. The molecule has 0 unspecified atom stereocenters. The summed E-state index contributed by atoms with van der Waals surface area (Å²) in [6, 6.07) is 11.1. The molecule has 2 aromatic carbocycles. The zero-order chi connectivity index (χ0) is 20.0. The minimum atomic E-state index is -0.338. The molecule has 1 aliphatic carbocycles. The highest BCUT2D eigenvalue weighted by Gasteiger charge is 2.43. The summed E-state index contributed by atoms with van der Waals surface area (Å²) in [6.07, 6.45) is 7.40. The number of imidazole rings is 1. The molecular formula is C23H22F2N4. The number of halogens is 2. The molecule has 4 nitrogen and oxygen atoms in total. The number of hydrogen-bond acceptors (Lipinski definition) is 2. The van der Waals surface area contributed by atoms with Crippen molar-refractivity contribution in [2.75, 3.05) is 0 Å². The van der Waals surface area contributed by atoms with Crippen molar-refractivity contribution in [1.82, 2.24) is 15.0 Å². The van der Waals surface area contributed by atoms with Crippen LogP contribution in [0.2, 0.25) is 0 Å². The van der Waals surface area contributed by atoms with Crippen LogP contribution in [-0.2, 0) is 6.42 Å². The highest BCUT2D eigenvalue weighted by Crippen LogP contribution is 2.43. The van der Waals surface area contributed by atoms with Crippen molar-refractivity contribution >= 4 is 10.9 Å². The molecule has 29 heavy (non-hydrogen) atoms. The Hall–Kier alpha value is -2.99. The van der Waals surface area contributed by atoms with E-state index < -0.39 is 0 Å². The first-order valence-corrected chi connectivity index (χ1v) is 9.87. The Morgan fingerprint density at radius 3 is 2.48 bits per heavy atom. The van der Waals surface area contributed by atoms with E-state index in [9.17, 15) is 8.78 Å². The second kappa shape index (κ2) is 6.81. The van der Waals surface area contributed by atoms with Gasteiger partial charge in [0, 0.05) is 40.3 Å². The largest absolute Gasteiger partial charge is 0.361 e. The van der Waals surface area contributed by atoms with E-state index in [-0.39, 0.29) is 23.1 Å². The van der Waals surface area contributed by atoms with E-state index in [2.05, 4.69) is 9.97 Å². The van der Waals surface area contributed by atoms with Gasteiger partial charge in [0.25, 0.3) is 0 Å². The van der Waals surface area contributed by atoms with Gasteiger partial charge < -0.3 is 15.7 Å². The number of hydrogen-bond donors (Lipinski definition) is 3. The number of nitrogens with two attached hydrogens (primary N) is 1. The van der Waals surface area contributed by atoms with Crippen molar-refractivity contribution < 1.29 is 8.78 Å². The van der Waals surface area contributed by atoms with E-state index >= 15 is 0 Å². The van der Waals surface area contributed by atoms with Gasteiger partial charge in [0.2, 0.25) is 0 Å². The molecule has 4 aromatic rings. The quantitative estimate of drug-likeness (QED) is 0.445. The first-order chi connectivity index (χ1) is 14.0. The van der Waals surface area contributed by atoms with E-state index in [0.29, 0.717) is 6.42 Å². The van der Waals surface area contributed by atoms with E-state index in [4.69, 9.17) is 10.7 Å². The van der Waals surface area contributed by atoms with Crippen molar-refractivity contribution in [2.45, 2.75) is 37.1 Å². The first-order valence-electron chi connectivity index (χ1n) is 9.87. The van der Waals surface area contributed by atoms with Crippen molar-refractivity contribution in [2.24, 2.45) is 5.73 Å². The number of nitrogens with zero attached hydrogens (tertiary/aromatic N) is 1. The van der Waals surface area contributed by atoms with Gasteiger partial charge in [0.15, 0.2) is 0 Å². The maximum Gasteiger partial charge on any atom is 0.123 e. The van der Waals surface area contributed by atoms with Gasteiger partial charge in [-0.1, -0.05) is 0 Å². The molecule has 4 N–H and O–H groups in total. The predicted octanol–water partition coefficient (Wildman–Crippen LogP) is 5.04. The number of aromatic amines is 2. The number of H-pyrrole nitrogens is 2. The maximum absolute atomic E-state index is 13.8. The van der Waals surface area contributed by atoms with Gasteiger partial charge >= 0.3 is 0 Å². The Morgan fingerprint density at radius 2 is 1.76 bits per heavy atom. The zero-order valence-electron chi connectivity index (χ0n) is 15.9. The molecule has 0 spiro atoms. The van der Waals surface area contributed by atoms with Gasteiger partial charge in [-0.15, -0.1) is 0 Å². The van der Waals surface area contributed by atoms with Crippen molar-refractivity contribution in [1.29, 1.82) is 0 Å². The molecule has 0 aliphatic heterocycles. The zero-order valence-corrected chi connectivity index (χ0v) is 15.9. The molecule has 2 aromatic heterocycles. The summed E-state index contributed by atoms with van der Waals surface area (Å²) in [4.78, 5) is 11.3. The summed E-state index contributed by atoms with van der Waals surface area (Å²) in [5.74, 6) is 0.270. The van der Waals surface area contributed by atoms with Crippen LogP contribution in [0.5, 0.6) is 0 Å². The first kappa shape index (κ1) is 18.1. The van der Waals surface area contributed by atoms with Crippen LogP contribution in [-0.4, -0.2) is 20.5 Å². The number of aromatic nitrogens is 3. The fraction of sp³-hybridized carbons (Fsp3) is 0.261. The van der Waals surface area contributed by atoms with E-state index in [1.807, 2.05) is 12.4 Å². The van der Waals surface area contributed by atoms with Gasteiger partial charge in [0.05, 0.1) is 5.69 Å². The van der Waals surface area contributed by atoms with Crippen LogP contribution in [0.3, 0.4) is 0 Å². The number of rotatable bonds is 5. The van der Waals surface area contributed by atoms with Gasteiger partial charge in [-0.3, -0.25) is 0 Å². The normalized spacial score (nSPS) is 16.7. The lowest BCUT2D eigenvalue weighted by Gasteiger charge is -2.44. The third-order valence-corrected chi connectivity index (χ3v) is 6.20. The van der Waals surface area contributed by atoms with Crippen LogP contribution in [0.4, 0.5) is 8.78 Å². The summed E-state index contributed by atoms with van der Waals surface area (Å²) in [5, 5.41) is 0.878. The molecule has 1 aliphatic rings. The second-order valence-corrected chi connectivity index (χ2v) is 8.03. The summed E-state index contributed by atoms with van der Waals surface area (Å²) >= 11 is 0. The third kappa shape index (κ3) is 3.23. The summed E-state index contributed by atoms with van der Waals surface area (Å²) in [6.45, 7) is 0. The van der Waals surface area contributed by atoms with Gasteiger partial charge in [-0.2, -0.15) is 0 Å². The average molecular weight is 392 g/mol. The standard InChI is InChI=1S/C23H22F2N4/c24-16-4-2-14(3-5-16)21-13-28-22(29-21)19(23(26)8-1-9-23)10-15-12-27-20-7-6-17(25)11-18(15)20/h2-7,11-13,19,27H,1,8-10,26H2,(H,28,29)/t19-/m0/s1. The van der Waals surface area contributed by atoms with Crippen LogP contribution in [0.15, 0.2) is 54.9 Å². The van der Waals surface area contributed by atoms with Crippen LogP contribution < -0.4 is 5.73 Å². The van der Waals surface area contributed by atoms with Crippen LogP contribution in [0, 0.1) is 11.6 Å². The molecule has 2 heterocycles. The monoisotopic (exact) mass is 392 g/mol. The Kier molecular flexibility index (Phi) is 4.24. The van der Waals surface area contributed by atoms with Crippen LogP contribution in [0.25, 0.3) is 22.2 Å². The number of benzene rings is 2. The molecule has 0 radical (unpaired) electrons. The molecular weight excluding hydrogens is 370 g/mol. The average Bonchev–Trinajstić information content (AvgIpc) is 3.32. The Morgan fingerprint density at radius 1 is 1.00 bits per heavy atom. The molecule has 1 atom stereocenters. The topological polar surface area (TPSA) is 70.5 Å². The Bertz CT molecular complexity index is 1160. The van der Waals surface area contributed by atoms with E-state index in [1.165, 1.54) is 18.2 Å². The van der Waals surface area contributed by atoms with Crippen molar-refractivity contribution in [3.8, 4) is 11.3 Å². The number of fused-ring (bicyclic) bond motifs is 1. The summed E-state index contributed by atoms with van der Waals surface area (Å²) in [5.41, 5.74) is 9.95. The van der Waals surface area contributed by atoms with E-state index in [1.54, 1.807) is 24.3 Å². The maximum atomic E-state index is 13.8. The van der Waals surface area contributed by atoms with E-state index in [0.717, 1.165) is 52.8 Å². The molecule has 0 saturated heterocycles. The summed E-state index contributed by atoms with van der Waals surface area (Å²) < 4.78 is 27.0. The number of nitrogens with one attached hydrogen (secondary N) is 2. The Balaban J connectivity index is 1.51. The molecule has 5 rings (SSSR count). The molecule has 0 amide bonds. The lowest BCUT2D eigenvalue weighted by Crippen LogP contribution is -2.52. The molecule has 148 valence electrons. The van der Waals surface area contributed by atoms with Crippen molar-refractivity contribution in [3.63, 3.8) is 0 Å². The van der Waals surface area contributed by atoms with Crippen molar-refractivity contribution in [3.05, 3.63) is 77.9 Å². The highest BCUT2D eigenvalue weighted by atomic mass is 19.1. The van der Waals surface area contributed by atoms with Gasteiger partial charge in [-0.05, 0) is 73.7 Å². The SMILES string of the molecule is NC1([C@@H](Cc2c[nH]c3ccc(F)cc23)c2nc(-c3ccc(F)cc3)c[nH]2)CCC1. The van der Waals surface area contributed by atoms with Gasteiger partial charge in [-0.25, -0.2) is 13.8 Å². The minimum absolute atomic E-state index is 0.0206. The molecule has 1 saturated carbocycles. The molecule has 6 heteroatoms. The second-order valence-electron chi connectivity index (χ2n) is 8.03. The predicted molar refractivity (Wildman–Crippen MR) is 109 cm³/mol. The molecule has 1 fully saturated rings. The Labute approximate surface area is 167 Å².